The Morgan fingerprint density at radius 2 is 1.71 bits per heavy atom. The molecule has 0 amide bonds. The number of ketones is 1. The number of ether oxygens (including phenoxy) is 1. The summed E-state index contributed by atoms with van der Waals surface area (Å²) in [7, 11) is 0. The zero-order valence-corrected chi connectivity index (χ0v) is 16.5. The summed E-state index contributed by atoms with van der Waals surface area (Å²) in [6.45, 7) is 6.13. The average Bonchev–Trinajstić information content (AvgIpc) is 2.56. The Hall–Kier alpha value is -1.32. The van der Waals surface area contributed by atoms with Crippen molar-refractivity contribution in [2.45, 2.75) is 38.7 Å². The van der Waals surface area contributed by atoms with Crippen LogP contribution in [0.3, 0.4) is 0 Å². The Kier molecular flexibility index (Phi) is 6.47. The van der Waals surface area contributed by atoms with Gasteiger partial charge in [-0.2, -0.15) is 0 Å². The summed E-state index contributed by atoms with van der Waals surface area (Å²) in [6.07, 6.45) is 0.487. The van der Waals surface area contributed by atoms with E-state index >= 15 is 0 Å². The first kappa shape index (κ1) is 19.0. The molecule has 0 aliphatic heterocycles. The minimum absolute atomic E-state index is 0.00499. The predicted molar refractivity (Wildman–Crippen MR) is 104 cm³/mol. The number of alkyl halides is 1. The van der Waals surface area contributed by atoms with Gasteiger partial charge in [0.25, 0.3) is 0 Å². The smallest absolute Gasteiger partial charge is 0.186 e. The lowest BCUT2D eigenvalue weighted by Gasteiger charge is -2.29. The van der Waals surface area contributed by atoms with E-state index in [4.69, 9.17) is 16.3 Å². The molecule has 1 atom stereocenters. The van der Waals surface area contributed by atoms with E-state index in [1.54, 1.807) is 0 Å². The second-order valence-electron chi connectivity index (χ2n) is 6.42. The van der Waals surface area contributed by atoms with Crippen LogP contribution in [0.5, 0.6) is 5.75 Å². The van der Waals surface area contributed by atoms with Crippen LogP contribution in [0.15, 0.2) is 48.5 Å². The molecule has 0 saturated carbocycles. The summed E-state index contributed by atoms with van der Waals surface area (Å²) in [4.78, 5) is 12.5. The number of carbonyl (C=O) groups excluding carboxylic acids is 1. The van der Waals surface area contributed by atoms with Gasteiger partial charge in [-0.05, 0) is 48.2 Å². The third-order valence-corrected chi connectivity index (χ3v) is 4.82. The van der Waals surface area contributed by atoms with Crippen LogP contribution >= 0.6 is 27.5 Å². The maximum atomic E-state index is 12.5. The van der Waals surface area contributed by atoms with Gasteiger partial charge in [-0.15, -0.1) is 0 Å². The van der Waals surface area contributed by atoms with Gasteiger partial charge >= 0.3 is 0 Å². The summed E-state index contributed by atoms with van der Waals surface area (Å²) in [6, 6.07) is 15.4. The van der Waals surface area contributed by atoms with Crippen molar-refractivity contribution in [1.29, 1.82) is 0 Å². The molecule has 0 aromatic heterocycles. The summed E-state index contributed by atoms with van der Waals surface area (Å²) in [5.74, 6) is 1.17. The molecule has 2 rings (SSSR count). The topological polar surface area (TPSA) is 26.3 Å². The molecule has 2 aromatic rings. The molecular weight excluding hydrogens is 388 g/mol. The minimum atomic E-state index is -0.934. The van der Waals surface area contributed by atoms with Gasteiger partial charge in [0.1, 0.15) is 5.75 Å². The first-order valence-corrected chi connectivity index (χ1v) is 9.46. The number of rotatable bonds is 7. The van der Waals surface area contributed by atoms with Crippen molar-refractivity contribution >= 4 is 33.3 Å². The highest BCUT2D eigenvalue weighted by Gasteiger charge is 2.34. The largest absolute Gasteiger partial charge is 0.479 e. The van der Waals surface area contributed by atoms with E-state index in [2.05, 4.69) is 29.8 Å². The van der Waals surface area contributed by atoms with Crippen LogP contribution in [0, 0.1) is 0 Å². The van der Waals surface area contributed by atoms with Crippen LogP contribution in [0.25, 0.3) is 0 Å². The maximum absolute atomic E-state index is 12.5. The Morgan fingerprint density at radius 1 is 1.12 bits per heavy atom. The minimum Gasteiger partial charge on any atom is -0.479 e. The number of hydrogen-bond donors (Lipinski definition) is 0. The molecule has 0 N–H and O–H groups in total. The molecule has 0 radical (unpaired) electrons. The Balaban J connectivity index is 2.23. The summed E-state index contributed by atoms with van der Waals surface area (Å²) >= 11 is 9.21. The summed E-state index contributed by atoms with van der Waals surface area (Å²) in [5, 5.41) is 0.929. The predicted octanol–water partition coefficient (Wildman–Crippen LogP) is 5.81. The zero-order valence-electron chi connectivity index (χ0n) is 14.2. The summed E-state index contributed by atoms with van der Waals surface area (Å²) in [5.41, 5.74) is 1.32. The van der Waals surface area contributed by atoms with Gasteiger partial charge in [-0.3, -0.25) is 4.79 Å². The fraction of sp³-hybridized carbons (Fsp3) is 0.350. The number of carbonyl (C=O) groups is 1. The number of hydrogen-bond acceptors (Lipinski definition) is 2. The first-order chi connectivity index (χ1) is 11.3. The van der Waals surface area contributed by atoms with Crippen LogP contribution in [-0.4, -0.2) is 16.7 Å². The average molecular weight is 410 g/mol. The van der Waals surface area contributed by atoms with Gasteiger partial charge in [0, 0.05) is 11.4 Å². The lowest BCUT2D eigenvalue weighted by molar-refractivity contribution is -0.130. The van der Waals surface area contributed by atoms with Crippen molar-refractivity contribution < 1.29 is 9.53 Å². The Bertz CT molecular complexity index is 680. The summed E-state index contributed by atoms with van der Waals surface area (Å²) < 4.78 is 6.11. The van der Waals surface area contributed by atoms with Crippen molar-refractivity contribution in [3.63, 3.8) is 0 Å². The molecule has 0 bridgehead atoms. The lowest BCUT2D eigenvalue weighted by Crippen LogP contribution is -2.44. The molecule has 0 aliphatic rings. The highest BCUT2D eigenvalue weighted by atomic mass is 79.9. The van der Waals surface area contributed by atoms with Crippen LogP contribution in [0.4, 0.5) is 0 Å². The van der Waals surface area contributed by atoms with Crippen LogP contribution in [0.2, 0.25) is 5.02 Å². The molecular formula is C20H22BrClO2. The van der Waals surface area contributed by atoms with Crippen LogP contribution < -0.4 is 4.74 Å². The third-order valence-electron chi connectivity index (χ3n) is 4.06. The van der Waals surface area contributed by atoms with E-state index in [0.717, 1.165) is 5.56 Å². The molecule has 4 heteroatoms. The number of benzene rings is 2. The lowest BCUT2D eigenvalue weighted by atomic mass is 9.92. The van der Waals surface area contributed by atoms with E-state index in [1.165, 1.54) is 5.56 Å². The van der Waals surface area contributed by atoms with E-state index in [-0.39, 0.29) is 11.1 Å². The van der Waals surface area contributed by atoms with Gasteiger partial charge in [0.2, 0.25) is 0 Å². The maximum Gasteiger partial charge on any atom is 0.186 e. The van der Waals surface area contributed by atoms with Crippen molar-refractivity contribution in [2.75, 3.05) is 5.33 Å². The molecule has 0 saturated heterocycles. The fourth-order valence-corrected chi connectivity index (χ4v) is 3.22. The van der Waals surface area contributed by atoms with Crippen LogP contribution in [0.1, 0.15) is 37.8 Å². The Labute approximate surface area is 157 Å². The van der Waals surface area contributed by atoms with E-state index < -0.39 is 5.60 Å². The second-order valence-corrected chi connectivity index (χ2v) is 7.41. The van der Waals surface area contributed by atoms with Crippen molar-refractivity contribution in [3.05, 3.63) is 64.7 Å². The number of halogens is 2. The van der Waals surface area contributed by atoms with E-state index in [0.29, 0.717) is 23.1 Å². The monoisotopic (exact) mass is 408 g/mol. The molecule has 24 heavy (non-hydrogen) atoms. The van der Waals surface area contributed by atoms with Crippen molar-refractivity contribution in [1.82, 2.24) is 0 Å². The molecule has 128 valence electrons. The molecule has 1 unspecified atom stereocenters. The Morgan fingerprint density at radius 3 is 2.21 bits per heavy atom. The molecule has 0 spiro atoms. The van der Waals surface area contributed by atoms with Crippen molar-refractivity contribution in [3.8, 4) is 5.75 Å². The van der Waals surface area contributed by atoms with Crippen LogP contribution in [-0.2, 0) is 11.2 Å². The quantitative estimate of drug-likeness (QED) is 0.540. The highest BCUT2D eigenvalue weighted by Crippen LogP contribution is 2.26. The zero-order chi connectivity index (χ0) is 17.7. The molecule has 2 aromatic carbocycles. The standard InChI is InChI=1S/C20H22BrClO2/c1-14(2)16-6-10-18(11-7-16)24-20(3,19(23)13-21)12-15-4-8-17(22)9-5-15/h4-11,14H,12-13H2,1-3H3. The fourth-order valence-electron chi connectivity index (χ4n) is 2.51. The van der Waals surface area contributed by atoms with Gasteiger partial charge in [-0.25, -0.2) is 0 Å². The van der Waals surface area contributed by atoms with Gasteiger partial charge in [0.15, 0.2) is 11.4 Å². The second kappa shape index (κ2) is 8.17. The molecule has 0 aliphatic carbocycles. The first-order valence-electron chi connectivity index (χ1n) is 7.97. The number of Topliss-reactive ketones (excluding diaryl/α,β-unsaturated/α-hetero) is 1. The molecule has 0 fully saturated rings. The normalized spacial score (nSPS) is 13.6. The van der Waals surface area contributed by atoms with Gasteiger partial charge in [-0.1, -0.05) is 65.6 Å². The van der Waals surface area contributed by atoms with E-state index in [1.807, 2.05) is 55.5 Å². The SMILES string of the molecule is CC(C)c1ccc(OC(C)(Cc2ccc(Cl)cc2)C(=O)CBr)cc1. The highest BCUT2D eigenvalue weighted by molar-refractivity contribution is 9.09. The molecule has 2 nitrogen and oxygen atoms in total. The van der Waals surface area contributed by atoms with E-state index in [9.17, 15) is 4.79 Å². The van der Waals surface area contributed by atoms with Crippen molar-refractivity contribution in [2.24, 2.45) is 0 Å². The van der Waals surface area contributed by atoms with Gasteiger partial charge < -0.3 is 4.74 Å². The third kappa shape index (κ3) is 4.84. The molecule has 0 heterocycles. The van der Waals surface area contributed by atoms with Gasteiger partial charge in [0.05, 0.1) is 5.33 Å².